The molecule has 0 unspecified atom stereocenters. The number of anilines is 1. The number of aromatic nitrogens is 4. The lowest BCUT2D eigenvalue weighted by Crippen LogP contribution is -2.43. The zero-order valence-corrected chi connectivity index (χ0v) is 23.5. The molecule has 0 radical (unpaired) electrons. The van der Waals surface area contributed by atoms with Gasteiger partial charge in [-0.1, -0.05) is 12.1 Å². The molecule has 41 heavy (non-hydrogen) atoms. The van der Waals surface area contributed by atoms with E-state index in [0.29, 0.717) is 23.0 Å². The van der Waals surface area contributed by atoms with Gasteiger partial charge in [-0.2, -0.15) is 4.98 Å². The van der Waals surface area contributed by atoms with Gasteiger partial charge in [0.05, 0.1) is 5.52 Å². The van der Waals surface area contributed by atoms with E-state index in [1.165, 1.54) is 5.56 Å². The lowest BCUT2D eigenvalue weighted by atomic mass is 10.1. The van der Waals surface area contributed by atoms with Crippen LogP contribution in [0, 0.1) is 6.92 Å². The van der Waals surface area contributed by atoms with Crippen molar-refractivity contribution in [1.82, 2.24) is 29.3 Å². The van der Waals surface area contributed by atoms with Crippen LogP contribution in [0.15, 0.2) is 79.3 Å². The van der Waals surface area contributed by atoms with Crippen LogP contribution in [0.1, 0.15) is 21.5 Å². The van der Waals surface area contributed by atoms with Gasteiger partial charge in [0.25, 0.3) is 5.91 Å². The molecule has 208 valence electrons. The average Bonchev–Trinajstić information content (AvgIpc) is 3.35. The zero-order valence-electron chi connectivity index (χ0n) is 23.5. The third kappa shape index (κ3) is 6.11. The highest BCUT2D eigenvalue weighted by atomic mass is 16.5. The van der Waals surface area contributed by atoms with Gasteiger partial charge in [-0.15, -0.1) is 0 Å². The minimum Gasteiger partial charge on any atom is -0.437 e. The minimum atomic E-state index is -0.200. The van der Waals surface area contributed by atoms with Gasteiger partial charge in [-0.05, 0) is 73.6 Å². The van der Waals surface area contributed by atoms with Gasteiger partial charge in [0.1, 0.15) is 11.3 Å². The highest BCUT2D eigenvalue weighted by Gasteiger charge is 2.17. The monoisotopic (exact) mass is 547 g/mol. The molecular weight excluding hydrogens is 514 g/mol. The van der Waals surface area contributed by atoms with Crippen LogP contribution in [0.25, 0.3) is 22.4 Å². The molecule has 1 aliphatic heterocycles. The van der Waals surface area contributed by atoms with Gasteiger partial charge in [-0.3, -0.25) is 14.7 Å². The number of likely N-dealkylation sites (N-methyl/N-ethyl adjacent to an activating group) is 1. The maximum absolute atomic E-state index is 13.3. The van der Waals surface area contributed by atoms with E-state index >= 15 is 0 Å². The third-order valence-corrected chi connectivity index (χ3v) is 7.32. The van der Waals surface area contributed by atoms with E-state index in [1.54, 1.807) is 24.5 Å². The van der Waals surface area contributed by atoms with Gasteiger partial charge in [0, 0.05) is 75.2 Å². The highest BCUT2D eigenvalue weighted by molar-refractivity contribution is 6.04. The Morgan fingerprint density at radius 2 is 1.83 bits per heavy atom. The number of benzene rings is 2. The largest absolute Gasteiger partial charge is 0.437 e. The van der Waals surface area contributed by atoms with Gasteiger partial charge >= 0.3 is 0 Å². The molecule has 9 nitrogen and oxygen atoms in total. The molecule has 9 heteroatoms. The molecule has 1 N–H and O–H groups in total. The first kappa shape index (κ1) is 26.6. The van der Waals surface area contributed by atoms with Gasteiger partial charge in [-0.25, -0.2) is 4.98 Å². The number of ether oxygens (including phenoxy) is 1. The second-order valence-electron chi connectivity index (χ2n) is 10.6. The van der Waals surface area contributed by atoms with Crippen molar-refractivity contribution in [3.8, 4) is 23.0 Å². The predicted molar refractivity (Wildman–Crippen MR) is 160 cm³/mol. The zero-order chi connectivity index (χ0) is 28.3. The molecule has 1 fully saturated rings. The second-order valence-corrected chi connectivity index (χ2v) is 10.6. The summed E-state index contributed by atoms with van der Waals surface area (Å²) in [6.07, 6.45) is 5.35. The van der Waals surface area contributed by atoms with E-state index in [4.69, 9.17) is 14.7 Å². The number of aryl methyl sites for hydroxylation is 2. The Kier molecular flexibility index (Phi) is 7.45. The number of nitrogens with one attached hydrogen (secondary N) is 1. The van der Waals surface area contributed by atoms with Crippen molar-refractivity contribution in [2.75, 3.05) is 38.5 Å². The lowest BCUT2D eigenvalue weighted by Gasteiger charge is -2.32. The smallest absolute Gasteiger partial charge is 0.255 e. The summed E-state index contributed by atoms with van der Waals surface area (Å²) in [6, 6.07) is 19.1. The fourth-order valence-corrected chi connectivity index (χ4v) is 5.16. The number of hydrogen-bond acceptors (Lipinski definition) is 7. The number of nitrogens with zero attached hydrogens (tertiary/aromatic N) is 6. The Hall–Kier alpha value is -4.60. The number of carbonyl (C=O) groups excluding carboxylic acids is 1. The molecule has 2 aromatic carbocycles. The maximum Gasteiger partial charge on any atom is 0.255 e. The quantitative estimate of drug-likeness (QED) is 0.302. The van der Waals surface area contributed by atoms with E-state index in [1.807, 2.05) is 54.2 Å². The molecule has 6 rings (SSSR count). The van der Waals surface area contributed by atoms with E-state index < -0.39 is 0 Å². The first-order chi connectivity index (χ1) is 19.9. The second kappa shape index (κ2) is 11.5. The standard InChI is InChI=1S/C32H33N7O2/c1-22-16-23(21-39-14-12-37(2)13-15-39)18-26(17-22)34-31(40)24-6-4-8-27(19-24)41-32-29-28(9-11-38(29)3)35-30(36-32)25-7-5-10-33-20-25/h4-11,16-20H,12-15,21H2,1-3H3,(H,34,40). The average molecular weight is 548 g/mol. The lowest BCUT2D eigenvalue weighted by molar-refractivity contribution is 0.102. The highest BCUT2D eigenvalue weighted by Crippen LogP contribution is 2.31. The van der Waals surface area contributed by atoms with Crippen LogP contribution in [0.2, 0.25) is 0 Å². The Bertz CT molecular complexity index is 1690. The first-order valence-corrected chi connectivity index (χ1v) is 13.8. The van der Waals surface area contributed by atoms with Crippen LogP contribution in [0.3, 0.4) is 0 Å². The third-order valence-electron chi connectivity index (χ3n) is 7.32. The van der Waals surface area contributed by atoms with Crippen LogP contribution in [-0.2, 0) is 13.6 Å². The van der Waals surface area contributed by atoms with Crippen molar-refractivity contribution in [1.29, 1.82) is 0 Å². The molecule has 0 bridgehead atoms. The van der Waals surface area contributed by atoms with Crippen LogP contribution in [0.5, 0.6) is 11.6 Å². The summed E-state index contributed by atoms with van der Waals surface area (Å²) in [4.78, 5) is 31.7. The molecule has 1 saturated heterocycles. The Labute approximate surface area is 239 Å². The summed E-state index contributed by atoms with van der Waals surface area (Å²) in [5, 5.41) is 3.08. The number of fused-ring (bicyclic) bond motifs is 1. The number of rotatable bonds is 7. The molecule has 4 heterocycles. The van der Waals surface area contributed by atoms with Crippen molar-refractivity contribution >= 4 is 22.6 Å². The molecule has 1 aliphatic rings. The van der Waals surface area contributed by atoms with Gasteiger partial charge < -0.3 is 19.5 Å². The summed E-state index contributed by atoms with van der Waals surface area (Å²) < 4.78 is 8.21. The van der Waals surface area contributed by atoms with E-state index in [2.05, 4.69) is 46.2 Å². The minimum absolute atomic E-state index is 0.200. The number of piperazine rings is 1. The Morgan fingerprint density at radius 1 is 0.976 bits per heavy atom. The summed E-state index contributed by atoms with van der Waals surface area (Å²) in [5.74, 6) is 1.24. The summed E-state index contributed by atoms with van der Waals surface area (Å²) in [5.41, 5.74) is 5.91. The number of carbonyl (C=O) groups is 1. The molecule has 3 aromatic heterocycles. The molecule has 1 amide bonds. The fourth-order valence-electron chi connectivity index (χ4n) is 5.16. The first-order valence-electron chi connectivity index (χ1n) is 13.8. The van der Waals surface area contributed by atoms with Crippen molar-refractivity contribution < 1.29 is 9.53 Å². The Balaban J connectivity index is 1.22. The van der Waals surface area contributed by atoms with Crippen molar-refractivity contribution in [2.24, 2.45) is 7.05 Å². The predicted octanol–water partition coefficient (Wildman–Crippen LogP) is 5.13. The van der Waals surface area contributed by atoms with Gasteiger partial charge in [0.2, 0.25) is 5.88 Å². The van der Waals surface area contributed by atoms with E-state index in [-0.39, 0.29) is 5.91 Å². The van der Waals surface area contributed by atoms with Crippen LogP contribution in [0.4, 0.5) is 5.69 Å². The SMILES string of the molecule is Cc1cc(CN2CCN(C)CC2)cc(NC(=O)c2cccc(Oc3nc(-c4cccnc4)nc4ccn(C)c34)c2)c1. The van der Waals surface area contributed by atoms with Gasteiger partial charge in [0.15, 0.2) is 5.82 Å². The van der Waals surface area contributed by atoms with E-state index in [0.717, 1.165) is 60.6 Å². The topological polar surface area (TPSA) is 88.4 Å². The summed E-state index contributed by atoms with van der Waals surface area (Å²) in [6.45, 7) is 7.17. The number of hydrogen-bond donors (Lipinski definition) is 1. The summed E-state index contributed by atoms with van der Waals surface area (Å²) >= 11 is 0. The molecule has 0 atom stereocenters. The van der Waals surface area contributed by atoms with Crippen LogP contribution in [-0.4, -0.2) is 68.5 Å². The van der Waals surface area contributed by atoms with Crippen LogP contribution >= 0.6 is 0 Å². The molecule has 0 aliphatic carbocycles. The van der Waals surface area contributed by atoms with Crippen molar-refractivity contribution in [2.45, 2.75) is 13.5 Å². The molecule has 0 saturated carbocycles. The fraction of sp³-hybridized carbons (Fsp3) is 0.250. The van der Waals surface area contributed by atoms with Crippen molar-refractivity contribution in [3.63, 3.8) is 0 Å². The number of pyridine rings is 1. The number of amides is 1. The molecule has 5 aromatic rings. The van der Waals surface area contributed by atoms with E-state index in [9.17, 15) is 4.79 Å². The molecule has 0 spiro atoms. The maximum atomic E-state index is 13.3. The van der Waals surface area contributed by atoms with Crippen molar-refractivity contribution in [3.05, 3.63) is 95.9 Å². The Morgan fingerprint density at radius 3 is 2.63 bits per heavy atom. The normalized spacial score (nSPS) is 14.3. The van der Waals surface area contributed by atoms with Crippen LogP contribution < -0.4 is 10.1 Å². The summed E-state index contributed by atoms with van der Waals surface area (Å²) in [7, 11) is 4.08. The molecular formula is C32H33N7O2.